The predicted octanol–water partition coefficient (Wildman–Crippen LogP) is 6.99. The number of hydrogen-bond acceptors (Lipinski definition) is 6. The second-order valence-electron chi connectivity index (χ2n) is 10.4. The van der Waals surface area contributed by atoms with Crippen LogP contribution in [0.25, 0.3) is 6.08 Å². The highest BCUT2D eigenvalue weighted by Gasteiger charge is 2.42. The van der Waals surface area contributed by atoms with Gasteiger partial charge in [0.15, 0.2) is 23.6 Å². The molecule has 1 saturated carbocycles. The van der Waals surface area contributed by atoms with Crippen LogP contribution in [0.15, 0.2) is 83.8 Å². The first-order valence-corrected chi connectivity index (χ1v) is 15.2. The Balaban J connectivity index is 1.34. The molecular formula is C33H37N3O4S. The first-order chi connectivity index (χ1) is 20.0. The third-order valence-corrected chi connectivity index (χ3v) is 8.52. The first-order valence-electron chi connectivity index (χ1n) is 14.3. The first kappa shape index (κ1) is 28.6. The summed E-state index contributed by atoms with van der Waals surface area (Å²) in [6, 6.07) is 25.0. The van der Waals surface area contributed by atoms with Crippen molar-refractivity contribution in [3.8, 4) is 11.5 Å². The van der Waals surface area contributed by atoms with Crippen molar-refractivity contribution in [2.75, 3.05) is 23.8 Å². The molecule has 41 heavy (non-hydrogen) atoms. The van der Waals surface area contributed by atoms with Crippen LogP contribution in [-0.4, -0.2) is 41.5 Å². The number of ether oxygens (including phenoxy) is 2. The molecule has 5 rings (SSSR count). The van der Waals surface area contributed by atoms with Gasteiger partial charge in [-0.25, -0.2) is 0 Å². The summed E-state index contributed by atoms with van der Waals surface area (Å²) < 4.78 is 11.7. The van der Waals surface area contributed by atoms with Crippen molar-refractivity contribution >= 4 is 41.0 Å². The molecule has 3 aromatic carbocycles. The van der Waals surface area contributed by atoms with Gasteiger partial charge in [0, 0.05) is 17.4 Å². The largest absolute Gasteiger partial charge is 0.490 e. The summed E-state index contributed by atoms with van der Waals surface area (Å²) in [5.74, 6) is 1.25. The summed E-state index contributed by atoms with van der Waals surface area (Å²) in [6.07, 6.45) is 6.44. The molecule has 2 amide bonds. The SMILES string of the molecule is CCOc1cc(/C=C2\SC(Nc3ccccc3)N([C@H]3CCCC[C@@H]3C)C2=O)ccc1OCC(=O)Nc1ccccc1. The summed E-state index contributed by atoms with van der Waals surface area (Å²) in [4.78, 5) is 29.0. The number of benzene rings is 3. The molecule has 1 saturated heterocycles. The van der Waals surface area contributed by atoms with Crippen LogP contribution in [-0.2, 0) is 9.59 Å². The Labute approximate surface area is 246 Å². The summed E-state index contributed by atoms with van der Waals surface area (Å²) >= 11 is 1.55. The lowest BCUT2D eigenvalue weighted by molar-refractivity contribution is -0.129. The summed E-state index contributed by atoms with van der Waals surface area (Å²) in [6.45, 7) is 4.45. The zero-order valence-corrected chi connectivity index (χ0v) is 24.4. The normalized spacial score (nSPS) is 21.5. The average molecular weight is 572 g/mol. The van der Waals surface area contributed by atoms with Crippen molar-refractivity contribution in [3.05, 3.63) is 89.3 Å². The number of nitrogens with zero attached hydrogens (tertiary/aromatic N) is 1. The van der Waals surface area contributed by atoms with Crippen LogP contribution in [0.2, 0.25) is 0 Å². The number of amides is 2. The molecule has 3 aromatic rings. The van der Waals surface area contributed by atoms with E-state index < -0.39 is 0 Å². The van der Waals surface area contributed by atoms with Gasteiger partial charge in [-0.05, 0) is 73.7 Å². The van der Waals surface area contributed by atoms with Crippen molar-refractivity contribution < 1.29 is 19.1 Å². The molecule has 8 heteroatoms. The van der Waals surface area contributed by atoms with E-state index in [1.54, 1.807) is 17.8 Å². The van der Waals surface area contributed by atoms with Crippen LogP contribution in [0.1, 0.15) is 45.1 Å². The molecule has 0 aromatic heterocycles. The van der Waals surface area contributed by atoms with Crippen molar-refractivity contribution in [1.29, 1.82) is 0 Å². The quantitative estimate of drug-likeness (QED) is 0.255. The minimum Gasteiger partial charge on any atom is -0.490 e. The smallest absolute Gasteiger partial charge is 0.262 e. The monoisotopic (exact) mass is 571 g/mol. The summed E-state index contributed by atoms with van der Waals surface area (Å²) in [5.41, 5.74) is 2.36. The highest BCUT2D eigenvalue weighted by molar-refractivity contribution is 8.05. The lowest BCUT2D eigenvalue weighted by atomic mass is 9.85. The maximum absolute atomic E-state index is 13.9. The van der Waals surface area contributed by atoms with Crippen LogP contribution in [0.5, 0.6) is 11.5 Å². The van der Waals surface area contributed by atoms with Crippen LogP contribution in [0, 0.1) is 5.92 Å². The molecule has 1 heterocycles. The van der Waals surface area contributed by atoms with Crippen molar-refractivity contribution in [2.24, 2.45) is 5.92 Å². The molecule has 7 nitrogen and oxygen atoms in total. The number of anilines is 2. The average Bonchev–Trinajstić information content (AvgIpc) is 3.27. The van der Waals surface area contributed by atoms with Gasteiger partial charge < -0.3 is 25.0 Å². The van der Waals surface area contributed by atoms with Crippen LogP contribution >= 0.6 is 11.8 Å². The molecule has 2 N–H and O–H groups in total. The van der Waals surface area contributed by atoms with E-state index in [-0.39, 0.29) is 30.0 Å². The molecule has 3 atom stereocenters. The third-order valence-electron chi connectivity index (χ3n) is 7.41. The fraction of sp³-hybridized carbons (Fsp3) is 0.333. The number of carbonyl (C=O) groups is 2. The second kappa shape index (κ2) is 13.6. The predicted molar refractivity (Wildman–Crippen MR) is 166 cm³/mol. The topological polar surface area (TPSA) is 79.9 Å². The number of rotatable bonds is 10. The fourth-order valence-electron chi connectivity index (χ4n) is 5.38. The minimum absolute atomic E-state index is 0.0538. The van der Waals surface area contributed by atoms with Gasteiger partial charge in [0.1, 0.15) is 0 Å². The van der Waals surface area contributed by atoms with E-state index in [0.29, 0.717) is 34.6 Å². The number of carbonyl (C=O) groups excluding carboxylic acids is 2. The van der Waals surface area contributed by atoms with E-state index in [4.69, 9.17) is 9.47 Å². The van der Waals surface area contributed by atoms with Crippen LogP contribution in [0.4, 0.5) is 11.4 Å². The van der Waals surface area contributed by atoms with Gasteiger partial charge in [-0.3, -0.25) is 9.59 Å². The van der Waals surface area contributed by atoms with E-state index in [1.165, 1.54) is 6.42 Å². The molecule has 1 aliphatic carbocycles. The molecule has 0 spiro atoms. The zero-order chi connectivity index (χ0) is 28.6. The highest BCUT2D eigenvalue weighted by atomic mass is 32.2. The second-order valence-corrected chi connectivity index (χ2v) is 11.5. The molecule has 1 unspecified atom stereocenters. The highest BCUT2D eigenvalue weighted by Crippen LogP contribution is 2.42. The molecule has 2 fully saturated rings. The van der Waals surface area contributed by atoms with E-state index in [0.717, 1.165) is 30.5 Å². The van der Waals surface area contributed by atoms with Crippen LogP contribution in [0.3, 0.4) is 0 Å². The Morgan fingerprint density at radius 3 is 2.37 bits per heavy atom. The zero-order valence-electron chi connectivity index (χ0n) is 23.5. The molecule has 0 radical (unpaired) electrons. The third kappa shape index (κ3) is 7.24. The molecule has 0 bridgehead atoms. The summed E-state index contributed by atoms with van der Waals surface area (Å²) in [7, 11) is 0. The lowest BCUT2D eigenvalue weighted by Gasteiger charge is -2.39. The van der Waals surface area contributed by atoms with E-state index in [2.05, 4.69) is 22.5 Å². The number of nitrogens with one attached hydrogen (secondary N) is 2. The number of thioether (sulfide) groups is 1. The molecule has 214 valence electrons. The lowest BCUT2D eigenvalue weighted by Crippen LogP contribution is -2.48. The van der Waals surface area contributed by atoms with Gasteiger partial charge in [0.25, 0.3) is 11.8 Å². The Morgan fingerprint density at radius 1 is 0.951 bits per heavy atom. The van der Waals surface area contributed by atoms with Crippen molar-refractivity contribution in [2.45, 2.75) is 51.1 Å². The maximum Gasteiger partial charge on any atom is 0.262 e. The Morgan fingerprint density at radius 2 is 1.66 bits per heavy atom. The van der Waals surface area contributed by atoms with Gasteiger partial charge in [-0.2, -0.15) is 0 Å². The molecule has 2 aliphatic rings. The Kier molecular flexibility index (Phi) is 9.51. The van der Waals surface area contributed by atoms with Gasteiger partial charge in [0.05, 0.1) is 11.5 Å². The maximum atomic E-state index is 13.9. The fourth-order valence-corrected chi connectivity index (χ4v) is 6.59. The van der Waals surface area contributed by atoms with Gasteiger partial charge in [-0.15, -0.1) is 0 Å². The van der Waals surface area contributed by atoms with E-state index >= 15 is 0 Å². The van der Waals surface area contributed by atoms with Gasteiger partial charge in [0.2, 0.25) is 0 Å². The van der Waals surface area contributed by atoms with Crippen LogP contribution < -0.4 is 20.1 Å². The summed E-state index contributed by atoms with van der Waals surface area (Å²) in [5, 5.41) is 6.40. The standard InChI is InChI=1S/C33H37N3O4S/c1-3-39-29-20-24(18-19-28(29)40-22-31(37)34-25-13-6-4-7-14-25)21-30-32(38)36(27-17-11-10-12-23(27)2)33(41-30)35-26-15-8-5-9-16-26/h4-9,13-16,18-21,23,27,33,35H,3,10-12,17,22H2,1-2H3,(H,34,37)/b30-21-/t23-,27-,33?/m0/s1. The number of hydrogen-bond donors (Lipinski definition) is 2. The van der Waals surface area contributed by atoms with Crippen molar-refractivity contribution in [3.63, 3.8) is 0 Å². The van der Waals surface area contributed by atoms with Gasteiger partial charge in [-0.1, -0.05) is 74.0 Å². The number of para-hydroxylation sites is 2. The Hall–Kier alpha value is -3.91. The Bertz CT molecular complexity index is 1370. The van der Waals surface area contributed by atoms with Gasteiger partial charge >= 0.3 is 0 Å². The van der Waals surface area contributed by atoms with E-state index in [9.17, 15) is 9.59 Å². The minimum atomic E-state index is -0.258. The molecular weight excluding hydrogens is 534 g/mol. The van der Waals surface area contributed by atoms with Crippen molar-refractivity contribution in [1.82, 2.24) is 4.90 Å². The molecule has 1 aliphatic heterocycles. The van der Waals surface area contributed by atoms with E-state index in [1.807, 2.05) is 85.8 Å².